The first-order valence-corrected chi connectivity index (χ1v) is 8.15. The first kappa shape index (κ1) is 16.8. The number of hydrogen-bond acceptors (Lipinski definition) is 2. The predicted molar refractivity (Wildman–Crippen MR) is 90.1 cm³/mol. The molecule has 3 nitrogen and oxygen atoms in total. The number of ether oxygens (including phenoxy) is 1. The highest BCUT2D eigenvalue weighted by Gasteiger charge is 2.12. The Hall–Kier alpha value is -1.55. The van der Waals surface area contributed by atoms with Crippen molar-refractivity contribution in [1.29, 1.82) is 0 Å². The first-order chi connectivity index (χ1) is 10.5. The summed E-state index contributed by atoms with van der Waals surface area (Å²) in [5.74, 6) is 0.379. The summed E-state index contributed by atoms with van der Waals surface area (Å²) in [6, 6.07) is 3.93. The summed E-state index contributed by atoms with van der Waals surface area (Å²) in [5.41, 5.74) is 1.72. The molecule has 0 aliphatic carbocycles. The Kier molecular flexibility index (Phi) is 5.83. The molecule has 0 spiro atoms. The van der Waals surface area contributed by atoms with Gasteiger partial charge in [0.2, 0.25) is 0 Å². The van der Waals surface area contributed by atoms with Crippen LogP contribution >= 0.6 is 0 Å². The first-order valence-electron chi connectivity index (χ1n) is 8.15. The molecule has 1 aromatic heterocycles. The van der Waals surface area contributed by atoms with E-state index in [0.717, 1.165) is 36.8 Å². The van der Waals surface area contributed by atoms with Crippen LogP contribution in [0.1, 0.15) is 39.2 Å². The van der Waals surface area contributed by atoms with Crippen molar-refractivity contribution in [3.05, 3.63) is 29.7 Å². The number of nitrogens with zero attached hydrogens (tertiary/aromatic N) is 1. The molecule has 2 aromatic rings. The monoisotopic (exact) mass is 306 g/mol. The summed E-state index contributed by atoms with van der Waals surface area (Å²) in [6.07, 6.45) is 4.87. The molecule has 122 valence electrons. The van der Waals surface area contributed by atoms with Crippen LogP contribution < -0.4 is 4.74 Å². The maximum atomic E-state index is 14.2. The van der Waals surface area contributed by atoms with Crippen molar-refractivity contribution in [3.63, 3.8) is 0 Å². The molecule has 0 bridgehead atoms. The van der Waals surface area contributed by atoms with Crippen LogP contribution in [0.3, 0.4) is 0 Å². The minimum Gasteiger partial charge on any atom is -0.493 e. The Labute approximate surface area is 132 Å². The summed E-state index contributed by atoms with van der Waals surface area (Å²) in [6.45, 7) is 8.05. The summed E-state index contributed by atoms with van der Waals surface area (Å²) in [4.78, 5) is 5.34. The quantitative estimate of drug-likeness (QED) is 0.734. The third-order valence-electron chi connectivity index (χ3n) is 4.18. The van der Waals surface area contributed by atoms with Crippen LogP contribution in [-0.4, -0.2) is 36.1 Å². The lowest BCUT2D eigenvalue weighted by Gasteiger charge is -2.20. The van der Waals surface area contributed by atoms with E-state index in [1.165, 1.54) is 6.07 Å². The molecule has 0 unspecified atom stereocenters. The lowest BCUT2D eigenvalue weighted by Crippen LogP contribution is -2.28. The third-order valence-corrected chi connectivity index (χ3v) is 4.18. The number of aromatic amines is 1. The standard InChI is InChI=1S/C18H27FN2O/c1-5-6-9-22-15-10-16-14(7-8-21(4)13(2)3)12-20-18(16)17(19)11-15/h10-13,20H,5-9H2,1-4H3. The zero-order valence-electron chi connectivity index (χ0n) is 14.1. The van der Waals surface area contributed by atoms with Crippen LogP contribution in [0.2, 0.25) is 0 Å². The Bertz CT molecular complexity index is 606. The molecule has 0 aliphatic rings. The number of hydrogen-bond donors (Lipinski definition) is 1. The van der Waals surface area contributed by atoms with E-state index in [1.54, 1.807) is 0 Å². The van der Waals surface area contributed by atoms with Gasteiger partial charge in [0.1, 0.15) is 5.75 Å². The van der Waals surface area contributed by atoms with E-state index in [9.17, 15) is 4.39 Å². The van der Waals surface area contributed by atoms with Crippen molar-refractivity contribution in [2.75, 3.05) is 20.2 Å². The van der Waals surface area contributed by atoms with E-state index in [4.69, 9.17) is 4.74 Å². The molecule has 1 N–H and O–H groups in total. The number of rotatable bonds is 8. The molecule has 0 fully saturated rings. The number of likely N-dealkylation sites (N-methyl/N-ethyl adjacent to an activating group) is 1. The molecular formula is C18H27FN2O. The van der Waals surface area contributed by atoms with Gasteiger partial charge < -0.3 is 14.6 Å². The number of fused-ring (bicyclic) bond motifs is 1. The molecule has 0 aliphatic heterocycles. The van der Waals surface area contributed by atoms with Gasteiger partial charge in [0.15, 0.2) is 5.82 Å². The average molecular weight is 306 g/mol. The van der Waals surface area contributed by atoms with Gasteiger partial charge in [0, 0.05) is 30.2 Å². The molecule has 0 saturated heterocycles. The van der Waals surface area contributed by atoms with Crippen LogP contribution in [0.25, 0.3) is 10.9 Å². The van der Waals surface area contributed by atoms with Crippen molar-refractivity contribution >= 4 is 10.9 Å². The van der Waals surface area contributed by atoms with Crippen LogP contribution in [0.4, 0.5) is 4.39 Å². The second-order valence-electron chi connectivity index (χ2n) is 6.17. The van der Waals surface area contributed by atoms with Gasteiger partial charge in [0.05, 0.1) is 12.1 Å². The largest absolute Gasteiger partial charge is 0.493 e. The lowest BCUT2D eigenvalue weighted by molar-refractivity contribution is 0.278. The normalized spacial score (nSPS) is 11.8. The van der Waals surface area contributed by atoms with Crippen LogP contribution in [0.15, 0.2) is 18.3 Å². The molecular weight excluding hydrogens is 279 g/mol. The molecule has 0 radical (unpaired) electrons. The Morgan fingerprint density at radius 2 is 2.09 bits per heavy atom. The van der Waals surface area contributed by atoms with E-state index in [1.807, 2.05) is 12.3 Å². The fourth-order valence-electron chi connectivity index (χ4n) is 2.40. The fourth-order valence-corrected chi connectivity index (χ4v) is 2.40. The highest BCUT2D eigenvalue weighted by Crippen LogP contribution is 2.27. The number of aromatic nitrogens is 1. The van der Waals surface area contributed by atoms with Gasteiger partial charge in [-0.2, -0.15) is 0 Å². The molecule has 1 heterocycles. The van der Waals surface area contributed by atoms with Gasteiger partial charge in [-0.15, -0.1) is 0 Å². The van der Waals surface area contributed by atoms with E-state index < -0.39 is 0 Å². The second kappa shape index (κ2) is 7.63. The Morgan fingerprint density at radius 1 is 1.32 bits per heavy atom. The summed E-state index contributed by atoms with van der Waals surface area (Å²) in [7, 11) is 2.11. The van der Waals surface area contributed by atoms with Gasteiger partial charge in [-0.05, 0) is 45.4 Å². The fraction of sp³-hybridized carbons (Fsp3) is 0.556. The Morgan fingerprint density at radius 3 is 2.77 bits per heavy atom. The van der Waals surface area contributed by atoms with Crippen molar-refractivity contribution in [3.8, 4) is 5.75 Å². The summed E-state index contributed by atoms with van der Waals surface area (Å²) in [5, 5.41) is 0.934. The van der Waals surface area contributed by atoms with E-state index in [0.29, 0.717) is 23.9 Å². The predicted octanol–water partition coefficient (Wildman–Crippen LogP) is 4.37. The van der Waals surface area contributed by atoms with Crippen LogP contribution in [-0.2, 0) is 6.42 Å². The van der Waals surface area contributed by atoms with Crippen molar-refractivity contribution in [2.24, 2.45) is 0 Å². The zero-order valence-corrected chi connectivity index (χ0v) is 14.1. The SMILES string of the molecule is CCCCOc1cc(F)c2[nH]cc(CCN(C)C(C)C)c2c1. The second-order valence-corrected chi connectivity index (χ2v) is 6.17. The Balaban J connectivity index is 2.17. The summed E-state index contributed by atoms with van der Waals surface area (Å²) < 4.78 is 19.8. The molecule has 22 heavy (non-hydrogen) atoms. The summed E-state index contributed by atoms with van der Waals surface area (Å²) >= 11 is 0. The highest BCUT2D eigenvalue weighted by molar-refractivity contribution is 5.85. The topological polar surface area (TPSA) is 28.3 Å². The van der Waals surface area contributed by atoms with Gasteiger partial charge in [0.25, 0.3) is 0 Å². The number of unbranched alkanes of at least 4 members (excludes halogenated alkanes) is 1. The molecule has 1 aromatic carbocycles. The van der Waals surface area contributed by atoms with Gasteiger partial charge >= 0.3 is 0 Å². The van der Waals surface area contributed by atoms with Gasteiger partial charge in [-0.3, -0.25) is 0 Å². The molecule has 2 rings (SSSR count). The molecule has 0 atom stereocenters. The maximum absolute atomic E-state index is 14.2. The number of nitrogens with one attached hydrogen (secondary N) is 1. The third kappa shape index (κ3) is 4.01. The lowest BCUT2D eigenvalue weighted by atomic mass is 10.1. The number of benzene rings is 1. The molecule has 4 heteroatoms. The zero-order chi connectivity index (χ0) is 16.1. The minimum atomic E-state index is -0.243. The van der Waals surface area contributed by atoms with E-state index in [2.05, 4.69) is 37.7 Å². The van der Waals surface area contributed by atoms with Gasteiger partial charge in [-0.1, -0.05) is 13.3 Å². The minimum absolute atomic E-state index is 0.243. The van der Waals surface area contributed by atoms with Crippen molar-refractivity contribution in [1.82, 2.24) is 9.88 Å². The van der Waals surface area contributed by atoms with Crippen LogP contribution in [0, 0.1) is 5.82 Å². The highest BCUT2D eigenvalue weighted by atomic mass is 19.1. The van der Waals surface area contributed by atoms with Crippen molar-refractivity contribution in [2.45, 2.75) is 46.1 Å². The smallest absolute Gasteiger partial charge is 0.150 e. The number of H-pyrrole nitrogens is 1. The van der Waals surface area contributed by atoms with E-state index in [-0.39, 0.29) is 5.82 Å². The molecule has 0 amide bonds. The van der Waals surface area contributed by atoms with Crippen LogP contribution in [0.5, 0.6) is 5.75 Å². The number of halogens is 1. The average Bonchev–Trinajstić information content (AvgIpc) is 2.88. The van der Waals surface area contributed by atoms with E-state index >= 15 is 0 Å². The van der Waals surface area contributed by atoms with Crippen molar-refractivity contribution < 1.29 is 9.13 Å². The van der Waals surface area contributed by atoms with Gasteiger partial charge in [-0.25, -0.2) is 4.39 Å². The maximum Gasteiger partial charge on any atom is 0.150 e. The molecule has 0 saturated carbocycles.